The van der Waals surface area contributed by atoms with E-state index in [0.29, 0.717) is 13.1 Å². The minimum absolute atomic E-state index is 0.0992. The molecule has 0 aliphatic carbocycles. The summed E-state index contributed by atoms with van der Waals surface area (Å²) >= 11 is 0. The number of rotatable bonds is 7. The summed E-state index contributed by atoms with van der Waals surface area (Å²) in [6, 6.07) is 10.4. The van der Waals surface area contributed by atoms with Crippen LogP contribution >= 0.6 is 0 Å². The summed E-state index contributed by atoms with van der Waals surface area (Å²) in [4.78, 5) is 11.8. The van der Waals surface area contributed by atoms with Crippen molar-refractivity contribution in [2.45, 2.75) is 44.9 Å². The van der Waals surface area contributed by atoms with Crippen LogP contribution in [0, 0.1) is 0 Å². The van der Waals surface area contributed by atoms with Gasteiger partial charge in [-0.15, -0.1) is 0 Å². The second-order valence-electron chi connectivity index (χ2n) is 5.78. The number of likely N-dealkylation sites (N-methyl/N-ethyl adjacent to an activating group) is 1. The molecule has 5 nitrogen and oxygen atoms in total. The van der Waals surface area contributed by atoms with Crippen LogP contribution in [0.5, 0.6) is 0 Å². The average molecular weight is 305 g/mol. The van der Waals surface area contributed by atoms with Gasteiger partial charge in [-0.05, 0) is 31.9 Å². The SMILES string of the molecule is CCN[C@H](C)CNC(=O)NC[C@H]1CC[C@@H](c2ccccc2)O1. The zero-order chi connectivity index (χ0) is 15.8. The fraction of sp³-hybridized carbons (Fsp3) is 0.588. The summed E-state index contributed by atoms with van der Waals surface area (Å²) in [6.07, 6.45) is 2.25. The van der Waals surface area contributed by atoms with Gasteiger partial charge in [-0.1, -0.05) is 37.3 Å². The van der Waals surface area contributed by atoms with E-state index in [0.717, 1.165) is 19.4 Å². The predicted octanol–water partition coefficient (Wildman–Crippen LogP) is 2.20. The molecule has 2 rings (SSSR count). The summed E-state index contributed by atoms with van der Waals surface area (Å²) in [5, 5.41) is 9.01. The van der Waals surface area contributed by atoms with E-state index in [2.05, 4.69) is 35.0 Å². The second-order valence-corrected chi connectivity index (χ2v) is 5.78. The van der Waals surface area contributed by atoms with E-state index >= 15 is 0 Å². The Hall–Kier alpha value is -1.59. The van der Waals surface area contributed by atoms with Gasteiger partial charge in [-0.2, -0.15) is 0 Å². The van der Waals surface area contributed by atoms with Gasteiger partial charge >= 0.3 is 6.03 Å². The first-order valence-electron chi connectivity index (χ1n) is 8.14. The number of amides is 2. The van der Waals surface area contributed by atoms with Crippen LogP contribution in [0.4, 0.5) is 4.79 Å². The number of carbonyl (C=O) groups excluding carboxylic acids is 1. The van der Waals surface area contributed by atoms with Crippen LogP contribution < -0.4 is 16.0 Å². The normalized spacial score (nSPS) is 22.3. The first-order valence-corrected chi connectivity index (χ1v) is 8.14. The first kappa shape index (κ1) is 16.8. The van der Waals surface area contributed by atoms with E-state index < -0.39 is 0 Å². The van der Waals surface area contributed by atoms with Crippen LogP contribution in [0.3, 0.4) is 0 Å². The molecule has 1 fully saturated rings. The highest BCUT2D eigenvalue weighted by Crippen LogP contribution is 2.32. The Balaban J connectivity index is 1.65. The summed E-state index contributed by atoms with van der Waals surface area (Å²) in [6.45, 7) is 6.19. The topological polar surface area (TPSA) is 62.4 Å². The van der Waals surface area contributed by atoms with Crippen molar-refractivity contribution in [2.75, 3.05) is 19.6 Å². The number of hydrogen-bond acceptors (Lipinski definition) is 3. The minimum Gasteiger partial charge on any atom is -0.368 e. The average Bonchev–Trinajstić information content (AvgIpc) is 3.01. The molecule has 0 aromatic heterocycles. The van der Waals surface area contributed by atoms with Gasteiger partial charge in [0, 0.05) is 19.1 Å². The van der Waals surface area contributed by atoms with Gasteiger partial charge in [-0.25, -0.2) is 4.79 Å². The van der Waals surface area contributed by atoms with Crippen molar-refractivity contribution in [3.05, 3.63) is 35.9 Å². The van der Waals surface area contributed by atoms with Gasteiger partial charge in [0.1, 0.15) is 0 Å². The van der Waals surface area contributed by atoms with Crippen molar-refractivity contribution in [1.29, 1.82) is 0 Å². The molecule has 122 valence electrons. The molecule has 3 N–H and O–H groups in total. The fourth-order valence-corrected chi connectivity index (χ4v) is 2.70. The third-order valence-electron chi connectivity index (χ3n) is 3.89. The van der Waals surface area contributed by atoms with Gasteiger partial charge in [0.05, 0.1) is 12.2 Å². The molecular weight excluding hydrogens is 278 g/mol. The summed E-state index contributed by atoms with van der Waals surface area (Å²) in [7, 11) is 0. The Kier molecular flexibility index (Phi) is 6.68. The third-order valence-corrected chi connectivity index (χ3v) is 3.89. The van der Waals surface area contributed by atoms with E-state index in [1.54, 1.807) is 0 Å². The van der Waals surface area contributed by atoms with E-state index in [4.69, 9.17) is 4.74 Å². The van der Waals surface area contributed by atoms with Crippen molar-refractivity contribution in [3.63, 3.8) is 0 Å². The molecule has 0 unspecified atom stereocenters. The summed E-state index contributed by atoms with van der Waals surface area (Å²) < 4.78 is 6.01. The van der Waals surface area contributed by atoms with Gasteiger partial charge < -0.3 is 20.7 Å². The maximum Gasteiger partial charge on any atom is 0.314 e. The van der Waals surface area contributed by atoms with Crippen molar-refractivity contribution < 1.29 is 9.53 Å². The number of carbonyl (C=O) groups is 1. The van der Waals surface area contributed by atoms with Crippen LogP contribution in [0.15, 0.2) is 30.3 Å². The predicted molar refractivity (Wildman–Crippen MR) is 87.8 cm³/mol. The van der Waals surface area contributed by atoms with Crippen molar-refractivity contribution in [2.24, 2.45) is 0 Å². The quantitative estimate of drug-likeness (QED) is 0.724. The molecule has 3 atom stereocenters. The third kappa shape index (κ3) is 5.31. The Morgan fingerprint density at radius 1 is 1.27 bits per heavy atom. The van der Waals surface area contributed by atoms with Crippen LogP contribution in [0.2, 0.25) is 0 Å². The molecule has 0 radical (unpaired) electrons. The molecule has 22 heavy (non-hydrogen) atoms. The highest BCUT2D eigenvalue weighted by atomic mass is 16.5. The van der Waals surface area contributed by atoms with Crippen molar-refractivity contribution >= 4 is 6.03 Å². The Morgan fingerprint density at radius 3 is 2.77 bits per heavy atom. The Bertz CT molecular complexity index is 452. The largest absolute Gasteiger partial charge is 0.368 e. The molecule has 1 saturated heterocycles. The molecule has 2 amide bonds. The molecule has 5 heteroatoms. The molecule has 0 spiro atoms. The lowest BCUT2D eigenvalue weighted by molar-refractivity contribution is 0.0462. The molecule has 1 aromatic rings. The Labute approximate surface area is 132 Å². The second kappa shape index (κ2) is 8.76. The van der Waals surface area contributed by atoms with Crippen LogP contribution in [-0.2, 0) is 4.74 Å². The minimum atomic E-state index is -0.128. The van der Waals surface area contributed by atoms with E-state index in [1.807, 2.05) is 25.1 Å². The molecule has 1 aliphatic rings. The number of nitrogens with one attached hydrogen (secondary N) is 3. The number of ether oxygens (including phenoxy) is 1. The standard InChI is InChI=1S/C17H27N3O2/c1-3-18-13(2)11-19-17(21)20-12-15-9-10-16(22-15)14-7-5-4-6-8-14/h4-8,13,15-16,18H,3,9-12H2,1-2H3,(H2,19,20,21)/t13-,15-,16+/m1/s1. The lowest BCUT2D eigenvalue weighted by Crippen LogP contribution is -2.45. The van der Waals surface area contributed by atoms with Gasteiger partial charge in [0.2, 0.25) is 0 Å². The fourth-order valence-electron chi connectivity index (χ4n) is 2.70. The molecule has 0 bridgehead atoms. The highest BCUT2D eigenvalue weighted by molar-refractivity contribution is 5.73. The van der Waals surface area contributed by atoms with Crippen molar-refractivity contribution in [1.82, 2.24) is 16.0 Å². The van der Waals surface area contributed by atoms with Gasteiger partial charge in [-0.3, -0.25) is 0 Å². The van der Waals surface area contributed by atoms with Crippen molar-refractivity contribution in [3.8, 4) is 0 Å². The molecule has 1 aromatic carbocycles. The lowest BCUT2D eigenvalue weighted by Gasteiger charge is -2.16. The van der Waals surface area contributed by atoms with Crippen LogP contribution in [0.1, 0.15) is 38.4 Å². The zero-order valence-electron chi connectivity index (χ0n) is 13.5. The lowest BCUT2D eigenvalue weighted by atomic mass is 10.1. The maximum absolute atomic E-state index is 11.8. The molecular formula is C17H27N3O2. The number of hydrogen-bond donors (Lipinski definition) is 3. The first-order chi connectivity index (χ1) is 10.7. The van der Waals surface area contributed by atoms with E-state index in [9.17, 15) is 4.79 Å². The van der Waals surface area contributed by atoms with E-state index in [1.165, 1.54) is 5.56 Å². The Morgan fingerprint density at radius 2 is 2.05 bits per heavy atom. The van der Waals surface area contributed by atoms with Crippen LogP contribution in [0.25, 0.3) is 0 Å². The summed E-state index contributed by atoms with van der Waals surface area (Å²) in [5.74, 6) is 0. The smallest absolute Gasteiger partial charge is 0.314 e. The van der Waals surface area contributed by atoms with E-state index in [-0.39, 0.29) is 24.3 Å². The summed E-state index contributed by atoms with van der Waals surface area (Å²) in [5.41, 5.74) is 1.22. The molecule has 1 aliphatic heterocycles. The highest BCUT2D eigenvalue weighted by Gasteiger charge is 2.26. The monoisotopic (exact) mass is 305 g/mol. The zero-order valence-corrected chi connectivity index (χ0v) is 13.5. The molecule has 0 saturated carbocycles. The number of benzene rings is 1. The van der Waals surface area contributed by atoms with Gasteiger partial charge in [0.25, 0.3) is 0 Å². The molecule has 1 heterocycles. The maximum atomic E-state index is 11.8. The van der Waals surface area contributed by atoms with Crippen LogP contribution in [-0.4, -0.2) is 37.8 Å². The van der Waals surface area contributed by atoms with Gasteiger partial charge in [0.15, 0.2) is 0 Å². The number of urea groups is 1.